The third-order valence-corrected chi connectivity index (χ3v) is 2.87. The summed E-state index contributed by atoms with van der Waals surface area (Å²) in [5.41, 5.74) is 3.03. The number of likely N-dealkylation sites (N-methyl/N-ethyl adjacent to an activating group) is 1. The Morgan fingerprint density at radius 3 is 2.37 bits per heavy atom. The van der Waals surface area contributed by atoms with Gasteiger partial charge in [0, 0.05) is 31.4 Å². The lowest BCUT2D eigenvalue weighted by atomic mass is 10.1. The van der Waals surface area contributed by atoms with E-state index in [9.17, 15) is 4.79 Å². The van der Waals surface area contributed by atoms with Crippen molar-refractivity contribution in [3.63, 3.8) is 0 Å². The van der Waals surface area contributed by atoms with Gasteiger partial charge in [0.15, 0.2) is 0 Å². The summed E-state index contributed by atoms with van der Waals surface area (Å²) < 4.78 is 1.82. The van der Waals surface area contributed by atoms with E-state index < -0.39 is 0 Å². The summed E-state index contributed by atoms with van der Waals surface area (Å²) >= 11 is 0. The Bertz CT molecular complexity index is 393. The molecule has 0 atom stereocenters. The fourth-order valence-corrected chi connectivity index (χ4v) is 1.76. The largest absolute Gasteiger partial charge is 0.355 e. The van der Waals surface area contributed by atoms with E-state index >= 15 is 0 Å². The maximum absolute atomic E-state index is 11.7. The van der Waals surface area contributed by atoms with Gasteiger partial charge in [0.05, 0.1) is 12.1 Å². The molecule has 0 fully saturated rings. The number of carbonyl (C=O) groups excluding carboxylic acids is 1. The average Bonchev–Trinajstić information content (AvgIpc) is 2.52. The fraction of sp³-hybridized carbons (Fsp3) is 0.667. The molecule has 7 heteroatoms. The lowest BCUT2D eigenvalue weighted by Gasteiger charge is -2.06. The van der Waals surface area contributed by atoms with Crippen LogP contribution in [-0.4, -0.2) is 35.3 Å². The first-order valence-corrected chi connectivity index (χ1v) is 6.02. The molecule has 1 heterocycles. The number of carbonyl (C=O) groups is 1. The number of nitrogens with one attached hydrogen (secondary N) is 2. The molecule has 0 saturated heterocycles. The van der Waals surface area contributed by atoms with Crippen molar-refractivity contribution >= 4 is 30.7 Å². The summed E-state index contributed by atoms with van der Waals surface area (Å²) in [7, 11) is 1.90. The van der Waals surface area contributed by atoms with Gasteiger partial charge in [-0.25, -0.2) is 0 Å². The third-order valence-electron chi connectivity index (χ3n) is 2.87. The van der Waals surface area contributed by atoms with Gasteiger partial charge in [-0.2, -0.15) is 5.10 Å². The second kappa shape index (κ2) is 10.1. The number of amides is 1. The molecule has 5 nitrogen and oxygen atoms in total. The maximum Gasteiger partial charge on any atom is 0.224 e. The van der Waals surface area contributed by atoms with Crippen molar-refractivity contribution in [3.8, 4) is 0 Å². The van der Waals surface area contributed by atoms with E-state index in [2.05, 4.69) is 15.7 Å². The standard InChI is InChI=1S/C12H22N4O.2ClH/c1-5-13-6-7-14-12(17)8-11-9(2)15-16(4)10(11)3;;/h13H,5-8H2,1-4H3,(H,14,17);2*1H. The molecular formula is C12H24Cl2N4O. The number of halogens is 2. The van der Waals surface area contributed by atoms with Gasteiger partial charge in [-0.15, -0.1) is 24.8 Å². The lowest BCUT2D eigenvalue weighted by molar-refractivity contribution is -0.120. The molecule has 0 spiro atoms. The molecule has 0 bridgehead atoms. The molecule has 1 amide bonds. The second-order valence-corrected chi connectivity index (χ2v) is 4.15. The fourth-order valence-electron chi connectivity index (χ4n) is 1.76. The Hall–Kier alpha value is -0.780. The summed E-state index contributed by atoms with van der Waals surface area (Å²) in [6.07, 6.45) is 0.414. The van der Waals surface area contributed by atoms with Crippen molar-refractivity contribution in [2.24, 2.45) is 7.05 Å². The Morgan fingerprint density at radius 1 is 1.26 bits per heavy atom. The normalized spacial score (nSPS) is 9.47. The number of hydrogen-bond donors (Lipinski definition) is 2. The first kappa shape index (κ1) is 20.5. The summed E-state index contributed by atoms with van der Waals surface area (Å²) in [6, 6.07) is 0. The van der Waals surface area contributed by atoms with E-state index in [-0.39, 0.29) is 30.7 Å². The highest BCUT2D eigenvalue weighted by atomic mass is 35.5. The van der Waals surface area contributed by atoms with Gasteiger partial charge in [0.2, 0.25) is 5.91 Å². The highest BCUT2D eigenvalue weighted by Gasteiger charge is 2.12. The van der Waals surface area contributed by atoms with Gasteiger partial charge in [-0.3, -0.25) is 9.48 Å². The van der Waals surface area contributed by atoms with E-state index in [0.717, 1.165) is 30.0 Å². The molecule has 0 saturated carbocycles. The van der Waals surface area contributed by atoms with Crippen LogP contribution in [0.2, 0.25) is 0 Å². The minimum absolute atomic E-state index is 0. The molecule has 0 radical (unpaired) electrons. The van der Waals surface area contributed by atoms with Crippen molar-refractivity contribution < 1.29 is 4.79 Å². The molecular weight excluding hydrogens is 287 g/mol. The zero-order chi connectivity index (χ0) is 12.8. The van der Waals surface area contributed by atoms with Crippen molar-refractivity contribution in [1.29, 1.82) is 0 Å². The number of nitrogens with zero attached hydrogens (tertiary/aromatic N) is 2. The Morgan fingerprint density at radius 2 is 1.89 bits per heavy atom. The molecule has 0 aliphatic heterocycles. The van der Waals surface area contributed by atoms with E-state index in [4.69, 9.17) is 0 Å². The van der Waals surface area contributed by atoms with Crippen LogP contribution in [0.3, 0.4) is 0 Å². The quantitative estimate of drug-likeness (QED) is 0.775. The van der Waals surface area contributed by atoms with Crippen LogP contribution in [0, 0.1) is 13.8 Å². The Balaban J connectivity index is 0. The minimum atomic E-state index is 0. The molecule has 19 heavy (non-hydrogen) atoms. The number of rotatable bonds is 6. The van der Waals surface area contributed by atoms with Gasteiger partial charge in [0.25, 0.3) is 0 Å². The highest BCUT2D eigenvalue weighted by Crippen LogP contribution is 2.12. The monoisotopic (exact) mass is 310 g/mol. The molecule has 1 aromatic heterocycles. The topological polar surface area (TPSA) is 58.9 Å². The minimum Gasteiger partial charge on any atom is -0.355 e. The number of hydrogen-bond acceptors (Lipinski definition) is 3. The van der Waals surface area contributed by atoms with E-state index in [1.54, 1.807) is 0 Å². The summed E-state index contributed by atoms with van der Waals surface area (Å²) in [5.74, 6) is 0.0575. The molecule has 0 aliphatic rings. The van der Waals surface area contributed by atoms with Crippen molar-refractivity contribution in [1.82, 2.24) is 20.4 Å². The van der Waals surface area contributed by atoms with Gasteiger partial charge >= 0.3 is 0 Å². The molecule has 2 N–H and O–H groups in total. The van der Waals surface area contributed by atoms with Crippen LogP contribution in [0.15, 0.2) is 0 Å². The van der Waals surface area contributed by atoms with Crippen molar-refractivity contribution in [2.45, 2.75) is 27.2 Å². The van der Waals surface area contributed by atoms with Gasteiger partial charge in [0.1, 0.15) is 0 Å². The van der Waals surface area contributed by atoms with E-state index in [0.29, 0.717) is 13.0 Å². The lowest BCUT2D eigenvalue weighted by Crippen LogP contribution is -2.32. The molecule has 0 aromatic carbocycles. The first-order valence-electron chi connectivity index (χ1n) is 6.02. The van der Waals surface area contributed by atoms with Crippen LogP contribution in [-0.2, 0) is 18.3 Å². The first-order chi connectivity index (χ1) is 8.06. The van der Waals surface area contributed by atoms with Crippen LogP contribution < -0.4 is 10.6 Å². The SMILES string of the molecule is CCNCCNC(=O)Cc1c(C)nn(C)c1C.Cl.Cl. The van der Waals surface area contributed by atoms with Gasteiger partial charge in [-0.1, -0.05) is 6.92 Å². The highest BCUT2D eigenvalue weighted by molar-refractivity contribution is 5.85. The number of aryl methyl sites for hydroxylation is 2. The van der Waals surface area contributed by atoms with Gasteiger partial charge in [-0.05, 0) is 20.4 Å². The molecule has 0 unspecified atom stereocenters. The summed E-state index contributed by atoms with van der Waals surface area (Å²) in [5, 5.41) is 10.4. The smallest absolute Gasteiger partial charge is 0.224 e. The van der Waals surface area contributed by atoms with Crippen LogP contribution in [0.5, 0.6) is 0 Å². The average molecular weight is 311 g/mol. The van der Waals surface area contributed by atoms with Crippen LogP contribution in [0.25, 0.3) is 0 Å². The predicted octanol–water partition coefficient (Wildman–Crippen LogP) is 1.15. The van der Waals surface area contributed by atoms with E-state index in [1.807, 2.05) is 32.5 Å². The van der Waals surface area contributed by atoms with Crippen LogP contribution >= 0.6 is 24.8 Å². The van der Waals surface area contributed by atoms with Crippen LogP contribution in [0.1, 0.15) is 23.9 Å². The Kier molecular flexibility index (Phi) is 10.9. The maximum atomic E-state index is 11.7. The zero-order valence-electron chi connectivity index (χ0n) is 11.9. The van der Waals surface area contributed by atoms with Crippen LogP contribution in [0.4, 0.5) is 0 Å². The van der Waals surface area contributed by atoms with E-state index in [1.165, 1.54) is 0 Å². The predicted molar refractivity (Wildman–Crippen MR) is 82.4 cm³/mol. The molecule has 0 aliphatic carbocycles. The second-order valence-electron chi connectivity index (χ2n) is 4.15. The van der Waals surface area contributed by atoms with Crippen molar-refractivity contribution in [2.75, 3.05) is 19.6 Å². The summed E-state index contributed by atoms with van der Waals surface area (Å²) in [4.78, 5) is 11.7. The van der Waals surface area contributed by atoms with Crippen molar-refractivity contribution in [3.05, 3.63) is 17.0 Å². The summed E-state index contributed by atoms with van der Waals surface area (Å²) in [6.45, 7) is 8.38. The van der Waals surface area contributed by atoms with Gasteiger partial charge < -0.3 is 10.6 Å². The molecule has 1 rings (SSSR count). The molecule has 1 aromatic rings. The Labute approximate surface area is 127 Å². The zero-order valence-corrected chi connectivity index (χ0v) is 13.6. The third kappa shape index (κ3) is 6.27. The molecule has 112 valence electrons. The number of aromatic nitrogens is 2.